The maximum atomic E-state index is 12.4. The number of nitrogens with zero attached hydrogens (tertiary/aromatic N) is 3. The molecule has 0 atom stereocenters. The third-order valence-corrected chi connectivity index (χ3v) is 3.40. The van der Waals surface area contributed by atoms with Crippen molar-refractivity contribution in [2.45, 2.75) is 0 Å². The Labute approximate surface area is 132 Å². The number of rotatable bonds is 3. The number of amides is 1. The van der Waals surface area contributed by atoms with E-state index in [4.69, 9.17) is 0 Å². The van der Waals surface area contributed by atoms with Crippen LogP contribution in [0.3, 0.4) is 0 Å². The van der Waals surface area contributed by atoms with E-state index in [0.717, 1.165) is 11.1 Å². The quantitative estimate of drug-likeness (QED) is 0.591. The van der Waals surface area contributed by atoms with Gasteiger partial charge in [0.15, 0.2) is 0 Å². The van der Waals surface area contributed by atoms with Gasteiger partial charge in [-0.3, -0.25) is 14.6 Å². The maximum absolute atomic E-state index is 12.4. The molecule has 1 N–H and O–H groups in total. The van der Waals surface area contributed by atoms with Crippen LogP contribution in [0, 0.1) is 0 Å². The normalized spacial score (nSPS) is 11.0. The van der Waals surface area contributed by atoms with Crippen LogP contribution in [0.5, 0.6) is 0 Å². The summed E-state index contributed by atoms with van der Waals surface area (Å²) in [5.74, 6) is -0.545. The van der Waals surface area contributed by atoms with Crippen molar-refractivity contribution < 1.29 is 4.79 Å². The van der Waals surface area contributed by atoms with Crippen LogP contribution in [0.15, 0.2) is 64.9 Å². The summed E-state index contributed by atoms with van der Waals surface area (Å²) in [6.45, 7) is 0. The molecule has 0 aliphatic heterocycles. The van der Waals surface area contributed by atoms with Crippen molar-refractivity contribution in [2.75, 3.05) is 0 Å². The van der Waals surface area contributed by atoms with Gasteiger partial charge in [0, 0.05) is 36.6 Å². The molecule has 0 aliphatic rings. The highest BCUT2D eigenvalue weighted by molar-refractivity contribution is 5.97. The summed E-state index contributed by atoms with van der Waals surface area (Å²) in [4.78, 5) is 28.6. The molecule has 0 spiro atoms. The highest BCUT2D eigenvalue weighted by Gasteiger charge is 2.13. The van der Waals surface area contributed by atoms with Gasteiger partial charge in [-0.05, 0) is 18.2 Å². The smallest absolute Gasteiger partial charge is 0.276 e. The molecule has 1 aromatic carbocycles. The van der Waals surface area contributed by atoms with E-state index in [9.17, 15) is 9.59 Å². The van der Waals surface area contributed by atoms with Crippen LogP contribution in [0.1, 0.15) is 15.9 Å². The summed E-state index contributed by atoms with van der Waals surface area (Å²) in [5, 5.41) is 4.36. The van der Waals surface area contributed by atoms with Crippen LogP contribution in [0.25, 0.3) is 10.9 Å². The van der Waals surface area contributed by atoms with E-state index < -0.39 is 5.91 Å². The van der Waals surface area contributed by atoms with Gasteiger partial charge in [-0.2, -0.15) is 5.10 Å². The van der Waals surface area contributed by atoms with Crippen LogP contribution < -0.4 is 10.9 Å². The summed E-state index contributed by atoms with van der Waals surface area (Å²) in [6.07, 6.45) is 6.25. The molecule has 23 heavy (non-hydrogen) atoms. The van der Waals surface area contributed by atoms with E-state index in [0.29, 0.717) is 5.39 Å². The molecule has 3 aromatic rings. The molecule has 2 heterocycles. The lowest BCUT2D eigenvalue weighted by Crippen LogP contribution is -2.26. The number of aromatic nitrogens is 2. The van der Waals surface area contributed by atoms with Crippen LogP contribution in [-0.2, 0) is 7.05 Å². The fraction of sp³-hybridized carbons (Fsp3) is 0.0588. The first kappa shape index (κ1) is 14.6. The molecule has 6 nitrogen and oxygen atoms in total. The summed E-state index contributed by atoms with van der Waals surface area (Å²) >= 11 is 0. The van der Waals surface area contributed by atoms with Crippen LogP contribution in [0.2, 0.25) is 0 Å². The van der Waals surface area contributed by atoms with E-state index in [-0.39, 0.29) is 11.0 Å². The number of nitrogens with one attached hydrogen (secondary N) is 1. The van der Waals surface area contributed by atoms with Gasteiger partial charge >= 0.3 is 0 Å². The van der Waals surface area contributed by atoms with Gasteiger partial charge in [0.25, 0.3) is 5.91 Å². The second kappa shape index (κ2) is 6.23. The zero-order chi connectivity index (χ0) is 16.2. The molecule has 6 heteroatoms. The Morgan fingerprint density at radius 2 is 2.09 bits per heavy atom. The summed E-state index contributed by atoms with van der Waals surface area (Å²) in [7, 11) is 1.79. The monoisotopic (exact) mass is 306 g/mol. The Bertz CT molecular complexity index is 946. The predicted molar refractivity (Wildman–Crippen MR) is 88.5 cm³/mol. The van der Waals surface area contributed by atoms with E-state index in [1.807, 2.05) is 12.1 Å². The fourth-order valence-corrected chi connectivity index (χ4v) is 2.28. The number of carbonyl (C=O) groups is 1. The van der Waals surface area contributed by atoms with Gasteiger partial charge in [-0.15, -0.1) is 0 Å². The molecular weight excluding hydrogens is 292 g/mol. The average molecular weight is 306 g/mol. The minimum Gasteiger partial charge on any atom is -0.350 e. The van der Waals surface area contributed by atoms with E-state index in [1.165, 1.54) is 12.4 Å². The Hall–Kier alpha value is -3.28. The highest BCUT2D eigenvalue weighted by Crippen LogP contribution is 2.10. The Morgan fingerprint density at radius 3 is 2.87 bits per heavy atom. The molecule has 0 bridgehead atoms. The number of aryl methyl sites for hydroxylation is 1. The first-order chi connectivity index (χ1) is 11.2. The van der Waals surface area contributed by atoms with Crippen molar-refractivity contribution in [3.63, 3.8) is 0 Å². The second-order valence-corrected chi connectivity index (χ2v) is 4.99. The molecule has 0 radical (unpaired) electrons. The third kappa shape index (κ3) is 3.01. The molecular formula is C17H14N4O2. The molecule has 0 aliphatic carbocycles. The number of hydrazone groups is 1. The van der Waals surface area contributed by atoms with Gasteiger partial charge in [0.2, 0.25) is 5.43 Å². The Morgan fingerprint density at radius 1 is 1.26 bits per heavy atom. The minimum absolute atomic E-state index is 0.0505. The molecule has 2 aromatic heterocycles. The van der Waals surface area contributed by atoms with Crippen LogP contribution >= 0.6 is 0 Å². The number of fused-ring (bicyclic) bond motifs is 1. The molecule has 0 fully saturated rings. The number of pyridine rings is 2. The first-order valence-electron chi connectivity index (χ1n) is 6.98. The molecule has 1 amide bonds. The van der Waals surface area contributed by atoms with E-state index in [1.54, 1.807) is 48.3 Å². The largest absolute Gasteiger partial charge is 0.350 e. The number of benzene rings is 1. The minimum atomic E-state index is -0.545. The van der Waals surface area contributed by atoms with Gasteiger partial charge in [0.1, 0.15) is 5.56 Å². The van der Waals surface area contributed by atoms with Gasteiger partial charge in [-0.1, -0.05) is 18.2 Å². The van der Waals surface area contributed by atoms with Gasteiger partial charge < -0.3 is 4.57 Å². The lowest BCUT2D eigenvalue weighted by atomic mass is 10.1. The number of hydrogen-bond acceptors (Lipinski definition) is 4. The SMILES string of the molecule is Cn1cc(C(=O)NN=Cc2cccnc2)c(=O)c2ccccc21. The average Bonchev–Trinajstić information content (AvgIpc) is 2.59. The topological polar surface area (TPSA) is 76.3 Å². The van der Waals surface area contributed by atoms with Crippen molar-refractivity contribution in [2.24, 2.45) is 12.1 Å². The van der Waals surface area contributed by atoms with Crippen LogP contribution in [0.4, 0.5) is 0 Å². The fourth-order valence-electron chi connectivity index (χ4n) is 2.28. The first-order valence-corrected chi connectivity index (χ1v) is 6.98. The number of hydrogen-bond donors (Lipinski definition) is 1. The predicted octanol–water partition coefficient (Wildman–Crippen LogP) is 1.70. The lowest BCUT2D eigenvalue weighted by molar-refractivity contribution is 0.0953. The van der Waals surface area contributed by atoms with Gasteiger partial charge in [-0.25, -0.2) is 5.43 Å². The molecule has 0 unspecified atom stereocenters. The highest BCUT2D eigenvalue weighted by atomic mass is 16.2. The molecule has 114 valence electrons. The Kier molecular flexibility index (Phi) is 3.97. The van der Waals surface area contributed by atoms with Crippen molar-refractivity contribution in [1.29, 1.82) is 0 Å². The van der Waals surface area contributed by atoms with Gasteiger partial charge in [0.05, 0.1) is 11.7 Å². The molecule has 0 saturated heterocycles. The molecule has 3 rings (SSSR count). The van der Waals surface area contributed by atoms with Crippen LogP contribution in [-0.4, -0.2) is 21.7 Å². The van der Waals surface area contributed by atoms with Crippen molar-refractivity contribution in [3.8, 4) is 0 Å². The Balaban J connectivity index is 1.88. The third-order valence-electron chi connectivity index (χ3n) is 3.40. The van der Waals surface area contributed by atoms with Crippen molar-refractivity contribution in [3.05, 3.63) is 76.3 Å². The van der Waals surface area contributed by atoms with Crippen molar-refractivity contribution in [1.82, 2.24) is 15.0 Å². The lowest BCUT2D eigenvalue weighted by Gasteiger charge is -2.07. The maximum Gasteiger partial charge on any atom is 0.276 e. The van der Waals surface area contributed by atoms with E-state index in [2.05, 4.69) is 15.5 Å². The van der Waals surface area contributed by atoms with Crippen molar-refractivity contribution >= 4 is 23.0 Å². The number of para-hydroxylation sites is 1. The second-order valence-electron chi connectivity index (χ2n) is 4.99. The summed E-state index contributed by atoms with van der Waals surface area (Å²) in [5.41, 5.74) is 3.63. The summed E-state index contributed by atoms with van der Waals surface area (Å²) in [6, 6.07) is 10.7. The molecule has 0 saturated carbocycles. The number of carbonyl (C=O) groups excluding carboxylic acids is 1. The zero-order valence-electron chi connectivity index (χ0n) is 12.4. The zero-order valence-corrected chi connectivity index (χ0v) is 12.4. The van der Waals surface area contributed by atoms with E-state index >= 15 is 0 Å². The standard InChI is InChI=1S/C17H14N4O2/c1-21-11-14(16(22)13-6-2-3-7-15(13)21)17(23)20-19-10-12-5-4-8-18-9-12/h2-11H,1H3,(H,20,23). The summed E-state index contributed by atoms with van der Waals surface area (Å²) < 4.78 is 1.75.